The van der Waals surface area contributed by atoms with Crippen LogP contribution in [0.2, 0.25) is 0 Å². The van der Waals surface area contributed by atoms with Crippen molar-refractivity contribution >= 4 is 17.7 Å². The van der Waals surface area contributed by atoms with E-state index in [9.17, 15) is 4.79 Å². The third-order valence-electron chi connectivity index (χ3n) is 3.59. The highest BCUT2D eigenvalue weighted by molar-refractivity contribution is 6.05. The molecule has 1 aliphatic rings. The highest BCUT2D eigenvalue weighted by Crippen LogP contribution is 2.31. The smallest absolute Gasteiger partial charge is 0.251 e. The minimum Gasteiger partial charge on any atom is -0.305 e. The molecule has 0 fully saturated rings. The number of aromatic nitrogens is 2. The van der Waals surface area contributed by atoms with E-state index in [2.05, 4.69) is 18.1 Å². The van der Waals surface area contributed by atoms with E-state index in [0.717, 1.165) is 17.7 Å². The van der Waals surface area contributed by atoms with E-state index in [-0.39, 0.29) is 11.9 Å². The van der Waals surface area contributed by atoms with Crippen LogP contribution >= 0.6 is 0 Å². The Balaban J connectivity index is 1.82. The zero-order chi connectivity index (χ0) is 14.1. The molecule has 0 N–H and O–H groups in total. The van der Waals surface area contributed by atoms with Crippen molar-refractivity contribution in [3.63, 3.8) is 0 Å². The number of hydrogen-bond acceptors (Lipinski definition) is 2. The Kier molecular flexibility index (Phi) is 3.14. The molecule has 102 valence electrons. The summed E-state index contributed by atoms with van der Waals surface area (Å²) < 4.78 is 1.72. The van der Waals surface area contributed by atoms with Crippen molar-refractivity contribution < 1.29 is 4.79 Å². The van der Waals surface area contributed by atoms with Gasteiger partial charge in [0.1, 0.15) is 0 Å². The van der Waals surface area contributed by atoms with Gasteiger partial charge in [0.15, 0.2) is 0 Å². The molecule has 0 unspecified atom stereocenters. The fourth-order valence-electron chi connectivity index (χ4n) is 2.68. The van der Waals surface area contributed by atoms with Crippen LogP contribution in [0.15, 0.2) is 42.7 Å². The standard InChI is InChI=1S/C16H17N3O/c1-12-9-14-5-3-4-6-15(14)19(12)16(20)8-7-13-10-17-18(2)11-13/h3-8,10-12H,9H2,1-2H3/b8-7+/t12-/m1/s1. The van der Waals surface area contributed by atoms with E-state index < -0.39 is 0 Å². The molecule has 3 rings (SSSR count). The lowest BCUT2D eigenvalue weighted by atomic mass is 10.1. The van der Waals surface area contributed by atoms with Crippen LogP contribution in [0.4, 0.5) is 5.69 Å². The van der Waals surface area contributed by atoms with E-state index in [4.69, 9.17) is 0 Å². The van der Waals surface area contributed by atoms with Gasteiger partial charge in [0.05, 0.1) is 6.20 Å². The zero-order valence-corrected chi connectivity index (χ0v) is 11.7. The molecule has 2 heterocycles. The van der Waals surface area contributed by atoms with Crippen LogP contribution in [-0.2, 0) is 18.3 Å². The van der Waals surface area contributed by atoms with Crippen LogP contribution in [0.25, 0.3) is 6.08 Å². The Morgan fingerprint density at radius 1 is 1.40 bits per heavy atom. The number of para-hydroxylation sites is 1. The Labute approximate surface area is 118 Å². The van der Waals surface area contributed by atoms with Gasteiger partial charge in [-0.25, -0.2) is 0 Å². The number of anilines is 1. The molecule has 1 aromatic carbocycles. The molecule has 0 radical (unpaired) electrons. The van der Waals surface area contributed by atoms with Crippen LogP contribution in [0, 0.1) is 0 Å². The normalized spacial score (nSPS) is 17.7. The maximum absolute atomic E-state index is 12.4. The average molecular weight is 267 g/mol. The number of nitrogens with zero attached hydrogens (tertiary/aromatic N) is 3. The third-order valence-corrected chi connectivity index (χ3v) is 3.59. The summed E-state index contributed by atoms with van der Waals surface area (Å²) in [6.07, 6.45) is 7.97. The van der Waals surface area contributed by atoms with E-state index in [1.54, 1.807) is 17.0 Å². The molecule has 0 saturated carbocycles. The molecular weight excluding hydrogens is 250 g/mol. The lowest BCUT2D eigenvalue weighted by molar-refractivity contribution is -0.114. The number of carbonyl (C=O) groups is 1. The van der Waals surface area contributed by atoms with Crippen LogP contribution in [0.5, 0.6) is 0 Å². The summed E-state index contributed by atoms with van der Waals surface area (Å²) in [6, 6.07) is 8.30. The van der Waals surface area contributed by atoms with Crippen LogP contribution < -0.4 is 4.90 Å². The Morgan fingerprint density at radius 3 is 2.95 bits per heavy atom. The predicted octanol–water partition coefficient (Wildman–Crippen LogP) is 2.41. The van der Waals surface area contributed by atoms with Gasteiger partial charge in [0, 0.05) is 36.6 Å². The molecule has 4 nitrogen and oxygen atoms in total. The van der Waals surface area contributed by atoms with Crippen molar-refractivity contribution in [3.8, 4) is 0 Å². The first kappa shape index (κ1) is 12.7. The Bertz CT molecular complexity index is 672. The molecule has 0 spiro atoms. The summed E-state index contributed by atoms with van der Waals surface area (Å²) in [7, 11) is 1.86. The summed E-state index contributed by atoms with van der Waals surface area (Å²) in [5.74, 6) is 0.0197. The van der Waals surface area contributed by atoms with Gasteiger partial charge in [-0.1, -0.05) is 18.2 Å². The van der Waals surface area contributed by atoms with Crippen LogP contribution in [-0.4, -0.2) is 21.7 Å². The lowest BCUT2D eigenvalue weighted by Gasteiger charge is -2.20. The monoisotopic (exact) mass is 267 g/mol. The molecule has 0 bridgehead atoms. The minimum atomic E-state index is 0.0197. The van der Waals surface area contributed by atoms with Gasteiger partial charge in [-0.15, -0.1) is 0 Å². The topological polar surface area (TPSA) is 38.1 Å². The summed E-state index contributed by atoms with van der Waals surface area (Å²) in [6.45, 7) is 2.08. The predicted molar refractivity (Wildman–Crippen MR) is 79.3 cm³/mol. The number of aryl methyl sites for hydroxylation is 1. The minimum absolute atomic E-state index is 0.0197. The number of fused-ring (bicyclic) bond motifs is 1. The molecule has 1 aliphatic heterocycles. The Hall–Kier alpha value is -2.36. The van der Waals surface area contributed by atoms with Crippen molar-refractivity contribution in [2.24, 2.45) is 7.05 Å². The Morgan fingerprint density at radius 2 is 2.20 bits per heavy atom. The van der Waals surface area contributed by atoms with Crippen molar-refractivity contribution in [2.45, 2.75) is 19.4 Å². The van der Waals surface area contributed by atoms with E-state index >= 15 is 0 Å². The second-order valence-electron chi connectivity index (χ2n) is 5.17. The number of amides is 1. The average Bonchev–Trinajstić information content (AvgIpc) is 2.98. The number of hydrogen-bond donors (Lipinski definition) is 0. The fourth-order valence-corrected chi connectivity index (χ4v) is 2.68. The molecular formula is C16H17N3O. The van der Waals surface area contributed by atoms with Crippen LogP contribution in [0.3, 0.4) is 0 Å². The van der Waals surface area contributed by atoms with E-state index in [1.165, 1.54) is 5.56 Å². The van der Waals surface area contributed by atoms with Crippen LogP contribution in [0.1, 0.15) is 18.1 Å². The first-order chi connectivity index (χ1) is 9.65. The molecule has 0 saturated heterocycles. The lowest BCUT2D eigenvalue weighted by Crippen LogP contribution is -2.34. The molecule has 1 atom stereocenters. The van der Waals surface area contributed by atoms with Gasteiger partial charge >= 0.3 is 0 Å². The van der Waals surface area contributed by atoms with Crippen molar-refractivity contribution in [3.05, 3.63) is 53.9 Å². The molecule has 1 aromatic heterocycles. The highest BCUT2D eigenvalue weighted by atomic mass is 16.2. The number of benzene rings is 1. The molecule has 4 heteroatoms. The van der Waals surface area contributed by atoms with Gasteiger partial charge in [-0.3, -0.25) is 9.48 Å². The summed E-state index contributed by atoms with van der Waals surface area (Å²) in [5.41, 5.74) is 3.20. The van der Waals surface area contributed by atoms with Gasteiger partial charge in [0.25, 0.3) is 5.91 Å². The number of rotatable bonds is 2. The quantitative estimate of drug-likeness (QED) is 0.784. The summed E-state index contributed by atoms with van der Waals surface area (Å²) in [4.78, 5) is 14.3. The second-order valence-corrected chi connectivity index (χ2v) is 5.17. The summed E-state index contributed by atoms with van der Waals surface area (Å²) in [5, 5.41) is 4.08. The van der Waals surface area contributed by atoms with Crippen molar-refractivity contribution in [1.29, 1.82) is 0 Å². The van der Waals surface area contributed by atoms with Gasteiger partial charge in [0.2, 0.25) is 0 Å². The zero-order valence-electron chi connectivity index (χ0n) is 11.7. The number of carbonyl (C=O) groups excluding carboxylic acids is 1. The second kappa shape index (κ2) is 4.96. The largest absolute Gasteiger partial charge is 0.305 e. The van der Waals surface area contributed by atoms with Gasteiger partial charge in [-0.05, 0) is 31.1 Å². The maximum atomic E-state index is 12.4. The van der Waals surface area contributed by atoms with E-state index in [0.29, 0.717) is 0 Å². The third kappa shape index (κ3) is 2.25. The fraction of sp³-hybridized carbons (Fsp3) is 0.250. The van der Waals surface area contributed by atoms with E-state index in [1.807, 2.05) is 42.4 Å². The SMILES string of the molecule is C[C@@H]1Cc2ccccc2N1C(=O)/C=C/c1cnn(C)c1. The van der Waals surface area contributed by atoms with Gasteiger partial charge < -0.3 is 4.90 Å². The highest BCUT2D eigenvalue weighted by Gasteiger charge is 2.29. The first-order valence-corrected chi connectivity index (χ1v) is 6.73. The van der Waals surface area contributed by atoms with Crippen molar-refractivity contribution in [1.82, 2.24) is 9.78 Å². The van der Waals surface area contributed by atoms with Gasteiger partial charge in [-0.2, -0.15) is 5.10 Å². The van der Waals surface area contributed by atoms with Crippen molar-refractivity contribution in [2.75, 3.05) is 4.90 Å². The molecule has 0 aliphatic carbocycles. The first-order valence-electron chi connectivity index (χ1n) is 6.73. The summed E-state index contributed by atoms with van der Waals surface area (Å²) >= 11 is 0. The molecule has 20 heavy (non-hydrogen) atoms. The molecule has 1 amide bonds. The molecule has 2 aromatic rings. The maximum Gasteiger partial charge on any atom is 0.251 e.